The van der Waals surface area contributed by atoms with Gasteiger partial charge in [0.15, 0.2) is 0 Å². The molecule has 114 valence electrons. The minimum absolute atomic E-state index is 0.121. The standard InChI is InChI=1S/C13H15N3O3.C2H6/c1-4-6-9(5-2)7-14-11(17)10-8-16(3)13(19)15-12(10)18;1-2/h4-6,8H,1-2,7H2,3H3,(H,14,17)(H,15,18,19);1-2H3/b9-6+;. The van der Waals surface area contributed by atoms with E-state index in [9.17, 15) is 14.4 Å². The van der Waals surface area contributed by atoms with E-state index in [4.69, 9.17) is 0 Å². The summed E-state index contributed by atoms with van der Waals surface area (Å²) >= 11 is 0. The fraction of sp³-hybridized carbons (Fsp3) is 0.267. The highest BCUT2D eigenvalue weighted by atomic mass is 16.2. The highest BCUT2D eigenvalue weighted by molar-refractivity contribution is 5.93. The Morgan fingerprint density at radius 2 is 2.00 bits per heavy atom. The lowest BCUT2D eigenvalue weighted by molar-refractivity contribution is 0.0955. The van der Waals surface area contributed by atoms with Crippen LogP contribution in [0.15, 0.2) is 52.7 Å². The van der Waals surface area contributed by atoms with Crippen LogP contribution in [0.25, 0.3) is 0 Å². The Morgan fingerprint density at radius 3 is 2.52 bits per heavy atom. The average molecular weight is 291 g/mol. The van der Waals surface area contributed by atoms with Gasteiger partial charge in [0.1, 0.15) is 5.56 Å². The highest BCUT2D eigenvalue weighted by Gasteiger charge is 2.11. The molecule has 1 rings (SSSR count). The summed E-state index contributed by atoms with van der Waals surface area (Å²) < 4.78 is 1.13. The molecule has 1 aromatic rings. The van der Waals surface area contributed by atoms with E-state index >= 15 is 0 Å². The second-order valence-electron chi connectivity index (χ2n) is 3.78. The molecule has 0 bridgehead atoms. The Hall–Kier alpha value is -2.63. The number of amides is 1. The van der Waals surface area contributed by atoms with E-state index in [1.165, 1.54) is 13.2 Å². The summed E-state index contributed by atoms with van der Waals surface area (Å²) in [6, 6.07) is 0. The van der Waals surface area contributed by atoms with Crippen LogP contribution in [0.2, 0.25) is 0 Å². The molecular formula is C15H21N3O3. The monoisotopic (exact) mass is 291 g/mol. The van der Waals surface area contributed by atoms with Crippen molar-refractivity contribution in [2.75, 3.05) is 6.54 Å². The summed E-state index contributed by atoms with van der Waals surface area (Å²) in [7, 11) is 1.45. The number of hydrogen-bond acceptors (Lipinski definition) is 3. The van der Waals surface area contributed by atoms with Gasteiger partial charge >= 0.3 is 5.69 Å². The Balaban J connectivity index is 0.00000191. The number of nitrogens with one attached hydrogen (secondary N) is 2. The van der Waals surface area contributed by atoms with Crippen molar-refractivity contribution < 1.29 is 4.79 Å². The third-order valence-electron chi connectivity index (χ3n) is 2.40. The first-order chi connectivity index (χ1) is 9.99. The van der Waals surface area contributed by atoms with Gasteiger partial charge < -0.3 is 9.88 Å². The number of aromatic amines is 1. The van der Waals surface area contributed by atoms with Crippen LogP contribution in [-0.2, 0) is 7.05 Å². The second-order valence-corrected chi connectivity index (χ2v) is 3.78. The van der Waals surface area contributed by atoms with Crippen LogP contribution in [0.4, 0.5) is 0 Å². The molecule has 0 spiro atoms. The minimum Gasteiger partial charge on any atom is -0.348 e. The van der Waals surface area contributed by atoms with Crippen LogP contribution in [0, 0.1) is 0 Å². The van der Waals surface area contributed by atoms with Gasteiger partial charge in [-0.25, -0.2) is 4.79 Å². The molecule has 6 nitrogen and oxygen atoms in total. The quantitative estimate of drug-likeness (QED) is 0.798. The van der Waals surface area contributed by atoms with Gasteiger partial charge in [-0.15, -0.1) is 0 Å². The van der Waals surface area contributed by atoms with Gasteiger partial charge in [-0.2, -0.15) is 0 Å². The molecule has 0 aliphatic heterocycles. The predicted molar refractivity (Wildman–Crippen MR) is 84.5 cm³/mol. The van der Waals surface area contributed by atoms with Crippen molar-refractivity contribution in [2.24, 2.45) is 7.05 Å². The van der Waals surface area contributed by atoms with Crippen LogP contribution < -0.4 is 16.6 Å². The molecule has 1 heterocycles. The van der Waals surface area contributed by atoms with Crippen LogP contribution >= 0.6 is 0 Å². The summed E-state index contributed by atoms with van der Waals surface area (Å²) in [6.45, 7) is 11.4. The lowest BCUT2D eigenvalue weighted by Gasteiger charge is -2.06. The highest BCUT2D eigenvalue weighted by Crippen LogP contribution is 1.95. The Labute approximate surface area is 123 Å². The van der Waals surface area contributed by atoms with Crippen molar-refractivity contribution in [3.05, 3.63) is 69.6 Å². The molecular weight excluding hydrogens is 270 g/mol. The summed E-state index contributed by atoms with van der Waals surface area (Å²) in [5, 5.41) is 2.56. The molecule has 2 N–H and O–H groups in total. The zero-order chi connectivity index (χ0) is 16.4. The van der Waals surface area contributed by atoms with Gasteiger partial charge in [-0.3, -0.25) is 14.6 Å². The van der Waals surface area contributed by atoms with Gasteiger partial charge in [0.05, 0.1) is 0 Å². The van der Waals surface area contributed by atoms with Crippen LogP contribution in [0.3, 0.4) is 0 Å². The Morgan fingerprint density at radius 1 is 1.38 bits per heavy atom. The second kappa shape index (κ2) is 9.30. The van der Waals surface area contributed by atoms with E-state index in [1.54, 1.807) is 18.2 Å². The first-order valence-corrected chi connectivity index (χ1v) is 6.51. The number of H-pyrrole nitrogens is 1. The first-order valence-electron chi connectivity index (χ1n) is 6.51. The molecule has 0 aliphatic carbocycles. The minimum atomic E-state index is -0.714. The third-order valence-corrected chi connectivity index (χ3v) is 2.40. The Kier molecular flexibility index (Phi) is 8.14. The molecule has 0 radical (unpaired) electrons. The number of aryl methyl sites for hydroxylation is 1. The van der Waals surface area contributed by atoms with E-state index in [-0.39, 0.29) is 12.1 Å². The molecule has 0 aliphatic rings. The molecule has 0 unspecified atom stereocenters. The Bertz CT molecular complexity index is 651. The summed E-state index contributed by atoms with van der Waals surface area (Å²) in [5.74, 6) is -0.561. The van der Waals surface area contributed by atoms with Crippen LogP contribution in [0.1, 0.15) is 24.2 Å². The number of allylic oxidation sites excluding steroid dienone is 2. The zero-order valence-corrected chi connectivity index (χ0v) is 12.6. The molecule has 0 saturated heterocycles. The lowest BCUT2D eigenvalue weighted by atomic mass is 10.2. The van der Waals surface area contributed by atoms with Gasteiger partial charge in [0.25, 0.3) is 11.5 Å². The van der Waals surface area contributed by atoms with E-state index in [1.807, 2.05) is 13.8 Å². The number of hydrogen-bond donors (Lipinski definition) is 2. The molecule has 0 atom stereocenters. The van der Waals surface area contributed by atoms with E-state index in [2.05, 4.69) is 23.5 Å². The fourth-order valence-corrected chi connectivity index (χ4v) is 1.35. The predicted octanol–water partition coefficient (Wildman–Crippen LogP) is 1.13. The molecule has 6 heteroatoms. The van der Waals surface area contributed by atoms with E-state index in [0.717, 1.165) is 10.1 Å². The first kappa shape index (κ1) is 18.4. The van der Waals surface area contributed by atoms with Gasteiger partial charge in [0.2, 0.25) is 0 Å². The van der Waals surface area contributed by atoms with Crippen molar-refractivity contribution in [1.29, 1.82) is 0 Å². The smallest absolute Gasteiger partial charge is 0.328 e. The summed E-state index contributed by atoms with van der Waals surface area (Å²) in [4.78, 5) is 36.5. The van der Waals surface area contributed by atoms with Crippen LogP contribution in [-0.4, -0.2) is 22.0 Å². The maximum atomic E-state index is 11.8. The fourth-order valence-electron chi connectivity index (χ4n) is 1.35. The SMILES string of the molecule is C=C/C=C(\C=C)CNC(=O)c1cn(C)c(=O)[nH]c1=O.CC. The molecule has 0 fully saturated rings. The van der Waals surface area contributed by atoms with Crippen molar-refractivity contribution in [2.45, 2.75) is 13.8 Å². The molecule has 1 amide bonds. The number of carbonyl (C=O) groups excluding carboxylic acids is 1. The van der Waals surface area contributed by atoms with Crippen LogP contribution in [0.5, 0.6) is 0 Å². The maximum Gasteiger partial charge on any atom is 0.328 e. The summed E-state index contributed by atoms with van der Waals surface area (Å²) in [5.41, 5.74) is -0.651. The van der Waals surface area contributed by atoms with Crippen molar-refractivity contribution >= 4 is 5.91 Å². The van der Waals surface area contributed by atoms with Gasteiger partial charge in [0, 0.05) is 19.8 Å². The summed E-state index contributed by atoms with van der Waals surface area (Å²) in [6.07, 6.45) is 6.04. The normalized spacial score (nSPS) is 10.1. The van der Waals surface area contributed by atoms with Gasteiger partial charge in [-0.1, -0.05) is 45.2 Å². The number of rotatable bonds is 5. The molecule has 0 aromatic carbocycles. The number of aromatic nitrogens is 2. The lowest BCUT2D eigenvalue weighted by Crippen LogP contribution is -2.36. The van der Waals surface area contributed by atoms with Crippen molar-refractivity contribution in [3.8, 4) is 0 Å². The zero-order valence-electron chi connectivity index (χ0n) is 12.6. The maximum absolute atomic E-state index is 11.8. The van der Waals surface area contributed by atoms with Gasteiger partial charge in [-0.05, 0) is 5.57 Å². The molecule has 21 heavy (non-hydrogen) atoms. The topological polar surface area (TPSA) is 84.0 Å². The number of nitrogens with zero attached hydrogens (tertiary/aromatic N) is 1. The van der Waals surface area contributed by atoms with Crippen molar-refractivity contribution in [1.82, 2.24) is 14.9 Å². The largest absolute Gasteiger partial charge is 0.348 e. The average Bonchev–Trinajstić information content (AvgIpc) is 2.49. The third kappa shape index (κ3) is 5.48. The van der Waals surface area contributed by atoms with E-state index < -0.39 is 17.2 Å². The molecule has 1 aromatic heterocycles. The van der Waals surface area contributed by atoms with E-state index in [0.29, 0.717) is 0 Å². The number of carbonyl (C=O) groups is 1. The van der Waals surface area contributed by atoms with Crippen molar-refractivity contribution in [3.63, 3.8) is 0 Å². The molecule has 0 saturated carbocycles.